The zero-order valence-electron chi connectivity index (χ0n) is 13.1. The minimum atomic E-state index is -4.48. The van der Waals surface area contributed by atoms with Crippen LogP contribution in [0.1, 0.15) is 40.0 Å². The van der Waals surface area contributed by atoms with Gasteiger partial charge in [-0.1, -0.05) is 6.92 Å². The fraction of sp³-hybridized carbons (Fsp3) is 0.857. The van der Waals surface area contributed by atoms with Gasteiger partial charge in [-0.25, -0.2) is 0 Å². The molecule has 0 bridgehead atoms. The van der Waals surface area contributed by atoms with E-state index in [1.54, 1.807) is 6.92 Å². The van der Waals surface area contributed by atoms with Gasteiger partial charge in [-0.3, -0.25) is 9.59 Å². The normalized spacial score (nSPS) is 24.0. The Morgan fingerprint density at radius 1 is 1.36 bits per heavy atom. The Morgan fingerprint density at radius 3 is 2.50 bits per heavy atom. The summed E-state index contributed by atoms with van der Waals surface area (Å²) < 4.78 is 44.5. The third-order valence-corrected chi connectivity index (χ3v) is 3.75. The summed E-state index contributed by atoms with van der Waals surface area (Å²) in [6, 6.07) is -2.27. The predicted octanol–water partition coefficient (Wildman–Crippen LogP) is 1.86. The number of ether oxygens (including phenoxy) is 1. The Labute approximate surface area is 128 Å². The smallest absolute Gasteiger partial charge is 0.369 e. The zero-order chi connectivity index (χ0) is 16.9. The number of hydrogen-bond acceptors (Lipinski definition) is 3. The largest absolute Gasteiger partial charge is 0.408 e. The molecule has 1 N–H and O–H groups in total. The second-order valence-electron chi connectivity index (χ2n) is 5.61. The molecule has 0 saturated carbocycles. The van der Waals surface area contributed by atoms with Gasteiger partial charge >= 0.3 is 6.18 Å². The van der Waals surface area contributed by atoms with Gasteiger partial charge in [-0.15, -0.1) is 0 Å². The Balaban J connectivity index is 2.76. The van der Waals surface area contributed by atoms with E-state index < -0.39 is 24.2 Å². The van der Waals surface area contributed by atoms with Crippen LogP contribution in [0.3, 0.4) is 0 Å². The van der Waals surface area contributed by atoms with E-state index in [-0.39, 0.29) is 38.0 Å². The quantitative estimate of drug-likeness (QED) is 0.840. The van der Waals surface area contributed by atoms with E-state index >= 15 is 0 Å². The lowest BCUT2D eigenvalue weighted by Crippen LogP contribution is -2.58. The highest BCUT2D eigenvalue weighted by atomic mass is 19.4. The molecule has 0 aromatic carbocycles. The van der Waals surface area contributed by atoms with Crippen LogP contribution in [0, 0.1) is 0 Å². The minimum Gasteiger partial charge on any atom is -0.369 e. The van der Waals surface area contributed by atoms with E-state index in [2.05, 4.69) is 5.32 Å². The van der Waals surface area contributed by atoms with Crippen LogP contribution < -0.4 is 5.32 Å². The van der Waals surface area contributed by atoms with E-state index in [9.17, 15) is 22.8 Å². The maximum absolute atomic E-state index is 13.1. The molecule has 1 aliphatic rings. The van der Waals surface area contributed by atoms with Crippen molar-refractivity contribution in [3.05, 3.63) is 0 Å². The molecule has 5 nitrogen and oxygen atoms in total. The highest BCUT2D eigenvalue weighted by Crippen LogP contribution is 2.32. The van der Waals surface area contributed by atoms with Crippen molar-refractivity contribution in [3.63, 3.8) is 0 Å². The second-order valence-corrected chi connectivity index (χ2v) is 5.61. The van der Waals surface area contributed by atoms with Gasteiger partial charge in [0.25, 0.3) is 0 Å². The molecule has 0 unspecified atom stereocenters. The van der Waals surface area contributed by atoms with Crippen molar-refractivity contribution in [1.29, 1.82) is 0 Å². The van der Waals surface area contributed by atoms with E-state index in [1.807, 2.05) is 6.92 Å². The molecule has 1 fully saturated rings. The van der Waals surface area contributed by atoms with Crippen LogP contribution in [0.25, 0.3) is 0 Å². The summed E-state index contributed by atoms with van der Waals surface area (Å²) in [4.78, 5) is 23.9. The van der Waals surface area contributed by atoms with Crippen LogP contribution in [0.15, 0.2) is 0 Å². The Hall–Kier alpha value is -1.31. The Morgan fingerprint density at radius 2 is 2.00 bits per heavy atom. The molecule has 0 aromatic rings. The van der Waals surface area contributed by atoms with E-state index in [1.165, 1.54) is 6.92 Å². The second kappa shape index (κ2) is 7.80. The number of rotatable bonds is 5. The highest BCUT2D eigenvalue weighted by molar-refractivity contribution is 5.78. The lowest BCUT2D eigenvalue weighted by Gasteiger charge is -2.40. The monoisotopic (exact) mass is 324 g/mol. The van der Waals surface area contributed by atoms with Gasteiger partial charge < -0.3 is 15.0 Å². The molecular formula is C14H23F3N2O3. The van der Waals surface area contributed by atoms with Gasteiger partial charge in [0.1, 0.15) is 12.6 Å². The number of amides is 2. The van der Waals surface area contributed by atoms with Crippen molar-refractivity contribution in [1.82, 2.24) is 10.2 Å². The molecule has 0 aromatic heterocycles. The third-order valence-electron chi connectivity index (χ3n) is 3.75. The molecule has 22 heavy (non-hydrogen) atoms. The first-order valence-corrected chi connectivity index (χ1v) is 7.40. The molecular weight excluding hydrogens is 301 g/mol. The third kappa shape index (κ3) is 5.47. The Kier molecular flexibility index (Phi) is 6.65. The maximum Gasteiger partial charge on any atom is 0.408 e. The summed E-state index contributed by atoms with van der Waals surface area (Å²) in [5, 5.41) is 2.57. The molecule has 1 rings (SSSR count). The molecule has 1 heterocycles. The SMILES string of the molecule is CC[C@H](C)OCC(=O)N1C[C@H](NC(C)=O)CC[C@@H]1C(F)(F)F. The maximum atomic E-state index is 13.1. The summed E-state index contributed by atoms with van der Waals surface area (Å²) in [6.07, 6.45) is -4.02. The van der Waals surface area contributed by atoms with Gasteiger partial charge in [0.2, 0.25) is 11.8 Å². The fourth-order valence-corrected chi connectivity index (χ4v) is 2.41. The number of halogens is 3. The van der Waals surface area contributed by atoms with Gasteiger partial charge in [-0.2, -0.15) is 13.2 Å². The number of piperidine rings is 1. The van der Waals surface area contributed by atoms with Crippen LogP contribution in [-0.4, -0.2) is 54.2 Å². The first-order valence-electron chi connectivity index (χ1n) is 7.40. The molecule has 8 heteroatoms. The average molecular weight is 324 g/mol. The first-order chi connectivity index (χ1) is 10.1. The molecule has 0 spiro atoms. The van der Waals surface area contributed by atoms with Crippen LogP contribution in [0.5, 0.6) is 0 Å². The van der Waals surface area contributed by atoms with Gasteiger partial charge in [0.05, 0.1) is 6.10 Å². The number of alkyl halides is 3. The average Bonchev–Trinajstić information content (AvgIpc) is 2.42. The number of likely N-dealkylation sites (tertiary alicyclic amines) is 1. The predicted molar refractivity (Wildman–Crippen MR) is 74.1 cm³/mol. The van der Waals surface area contributed by atoms with Crippen molar-refractivity contribution in [3.8, 4) is 0 Å². The number of carbonyl (C=O) groups excluding carboxylic acids is 2. The van der Waals surface area contributed by atoms with Crippen molar-refractivity contribution in [2.45, 2.75) is 64.4 Å². The van der Waals surface area contributed by atoms with Crippen LogP contribution in [0.2, 0.25) is 0 Å². The zero-order valence-corrected chi connectivity index (χ0v) is 13.1. The number of nitrogens with one attached hydrogen (secondary N) is 1. The summed E-state index contributed by atoms with van der Waals surface area (Å²) >= 11 is 0. The van der Waals surface area contributed by atoms with Crippen molar-refractivity contribution in [2.75, 3.05) is 13.2 Å². The highest BCUT2D eigenvalue weighted by Gasteiger charge is 2.48. The molecule has 0 aliphatic carbocycles. The topological polar surface area (TPSA) is 58.6 Å². The number of hydrogen-bond donors (Lipinski definition) is 1. The van der Waals surface area contributed by atoms with Gasteiger partial charge in [-0.05, 0) is 26.2 Å². The fourth-order valence-electron chi connectivity index (χ4n) is 2.41. The molecule has 2 amide bonds. The van der Waals surface area contributed by atoms with Crippen molar-refractivity contribution in [2.24, 2.45) is 0 Å². The molecule has 1 aliphatic heterocycles. The van der Waals surface area contributed by atoms with Crippen LogP contribution in [0.4, 0.5) is 13.2 Å². The minimum absolute atomic E-state index is 0.146. The Bertz CT molecular complexity index is 401. The lowest BCUT2D eigenvalue weighted by atomic mass is 9.97. The lowest BCUT2D eigenvalue weighted by molar-refractivity contribution is -0.199. The standard InChI is InChI=1S/C14H23F3N2O3/c1-4-9(2)22-8-13(21)19-7-11(18-10(3)20)5-6-12(19)14(15,16)17/h9,11-12H,4-8H2,1-3H3,(H,18,20)/t9-,11+,12+/m0/s1. The molecule has 1 saturated heterocycles. The van der Waals surface area contributed by atoms with Crippen LogP contribution in [-0.2, 0) is 14.3 Å². The van der Waals surface area contributed by atoms with E-state index in [0.717, 1.165) is 4.90 Å². The summed E-state index contributed by atoms with van der Waals surface area (Å²) in [5.74, 6) is -1.02. The molecule has 128 valence electrons. The van der Waals surface area contributed by atoms with E-state index in [0.29, 0.717) is 6.42 Å². The summed E-state index contributed by atoms with van der Waals surface area (Å²) in [6.45, 7) is 4.39. The van der Waals surface area contributed by atoms with Gasteiger partial charge in [0.15, 0.2) is 0 Å². The number of nitrogens with zero attached hydrogens (tertiary/aromatic N) is 1. The molecule has 3 atom stereocenters. The van der Waals surface area contributed by atoms with E-state index in [4.69, 9.17) is 4.74 Å². The van der Waals surface area contributed by atoms with Crippen molar-refractivity contribution >= 4 is 11.8 Å². The first kappa shape index (κ1) is 18.7. The molecule has 0 radical (unpaired) electrons. The van der Waals surface area contributed by atoms with Gasteiger partial charge in [0, 0.05) is 19.5 Å². The van der Waals surface area contributed by atoms with Crippen molar-refractivity contribution < 1.29 is 27.5 Å². The van der Waals surface area contributed by atoms with Crippen LogP contribution >= 0.6 is 0 Å². The number of carbonyl (C=O) groups is 2. The summed E-state index contributed by atoms with van der Waals surface area (Å²) in [5.41, 5.74) is 0. The summed E-state index contributed by atoms with van der Waals surface area (Å²) in [7, 11) is 0.